The molecule has 1 heterocycles. The van der Waals surface area contributed by atoms with Crippen molar-refractivity contribution in [2.24, 2.45) is 0 Å². The minimum absolute atomic E-state index is 0.889. The van der Waals surface area contributed by atoms with E-state index in [1.165, 1.54) is 21.9 Å². The van der Waals surface area contributed by atoms with Gasteiger partial charge in [-0.2, -0.15) is 0 Å². The molecule has 0 aliphatic heterocycles. The fourth-order valence-electron chi connectivity index (χ4n) is 6.78. The van der Waals surface area contributed by atoms with Crippen molar-refractivity contribution in [3.8, 4) is 33.6 Å². The summed E-state index contributed by atoms with van der Waals surface area (Å²) in [4.78, 5) is 12.8. The fraction of sp³-hybridized carbons (Fsp3) is 0. The molecule has 8 aromatic carbocycles. The summed E-state index contributed by atoms with van der Waals surface area (Å²) < 4.78 is 0. The maximum absolute atomic E-state index is 5.29. The number of anilines is 3. The lowest BCUT2D eigenvalue weighted by Gasteiger charge is -2.25. The molecule has 9 rings (SSSR count). The predicted molar refractivity (Wildman–Crippen MR) is 206 cm³/mol. The average Bonchev–Trinajstić information content (AvgIpc) is 3.18. The smallest absolute Gasteiger partial charge is 0.0973 e. The van der Waals surface area contributed by atoms with Crippen molar-refractivity contribution < 1.29 is 0 Å². The molecule has 0 radical (unpaired) electrons. The number of benzene rings is 8. The van der Waals surface area contributed by atoms with Gasteiger partial charge in [0.1, 0.15) is 0 Å². The van der Waals surface area contributed by atoms with Crippen LogP contribution in [0.2, 0.25) is 0 Å². The normalized spacial score (nSPS) is 11.3. The van der Waals surface area contributed by atoms with Crippen LogP contribution in [-0.2, 0) is 0 Å². The molecule has 0 bridgehead atoms. The SMILES string of the molecule is c1ccc(-c2nc3ccc4cc(-c5ccc6cc(N(c7ccccc7)c7ccccc7)ccc6c5)ccc4c3nc2-c2ccccc2)cc1. The number of nitrogens with zero attached hydrogens (tertiary/aromatic N) is 3. The summed E-state index contributed by atoms with van der Waals surface area (Å²) in [6.07, 6.45) is 0. The van der Waals surface area contributed by atoms with Gasteiger partial charge in [0.25, 0.3) is 0 Å². The van der Waals surface area contributed by atoms with Gasteiger partial charge in [0, 0.05) is 33.6 Å². The third kappa shape index (κ3) is 5.38. The standard InChI is InChI=1S/C46H31N3/c1-5-13-32(14-6-1)44-45(33-15-7-2-8-16-33)48-46-42-27-24-36(30-38(42)25-28-43(46)47-44)34-21-22-37-31-41(26-23-35(37)29-34)49(39-17-9-3-10-18-39)40-19-11-4-12-20-40/h1-31H. The molecule has 1 aromatic heterocycles. The van der Waals surface area contributed by atoms with Crippen LogP contribution in [0.25, 0.3) is 66.2 Å². The average molecular weight is 626 g/mol. The Kier molecular flexibility index (Phi) is 7.14. The Morgan fingerprint density at radius 1 is 0.327 bits per heavy atom. The second-order valence-electron chi connectivity index (χ2n) is 12.3. The molecule has 0 fully saturated rings. The molecule has 0 spiro atoms. The van der Waals surface area contributed by atoms with Gasteiger partial charge in [0.15, 0.2) is 0 Å². The summed E-state index contributed by atoms with van der Waals surface area (Å²) in [6, 6.07) is 66.2. The van der Waals surface area contributed by atoms with E-state index >= 15 is 0 Å². The number of hydrogen-bond acceptors (Lipinski definition) is 3. The van der Waals surface area contributed by atoms with E-state index in [9.17, 15) is 0 Å². The van der Waals surface area contributed by atoms with Crippen LogP contribution >= 0.6 is 0 Å². The summed E-state index contributed by atoms with van der Waals surface area (Å²) >= 11 is 0. The summed E-state index contributed by atoms with van der Waals surface area (Å²) in [6.45, 7) is 0. The van der Waals surface area contributed by atoms with Crippen molar-refractivity contribution >= 4 is 49.6 Å². The first-order valence-corrected chi connectivity index (χ1v) is 16.6. The number of hydrogen-bond donors (Lipinski definition) is 0. The minimum Gasteiger partial charge on any atom is -0.310 e. The predicted octanol–water partition coefficient (Wildman–Crippen LogP) is 12.4. The quantitative estimate of drug-likeness (QED) is 0.172. The zero-order valence-electron chi connectivity index (χ0n) is 26.7. The zero-order valence-corrected chi connectivity index (χ0v) is 26.7. The maximum Gasteiger partial charge on any atom is 0.0973 e. The van der Waals surface area contributed by atoms with Gasteiger partial charge in [-0.05, 0) is 81.9 Å². The Hall–Kier alpha value is -6.58. The van der Waals surface area contributed by atoms with E-state index in [0.29, 0.717) is 0 Å². The Bertz CT molecular complexity index is 2540. The van der Waals surface area contributed by atoms with Gasteiger partial charge < -0.3 is 4.90 Å². The lowest BCUT2D eigenvalue weighted by Crippen LogP contribution is -2.09. The number of fused-ring (bicyclic) bond motifs is 4. The number of rotatable bonds is 6. The van der Waals surface area contributed by atoms with E-state index in [-0.39, 0.29) is 0 Å². The molecule has 0 saturated carbocycles. The van der Waals surface area contributed by atoms with Crippen LogP contribution in [0.5, 0.6) is 0 Å². The molecule has 0 N–H and O–H groups in total. The number of aromatic nitrogens is 2. The van der Waals surface area contributed by atoms with Crippen LogP contribution < -0.4 is 4.90 Å². The lowest BCUT2D eigenvalue weighted by atomic mass is 9.97. The summed E-state index contributed by atoms with van der Waals surface area (Å²) in [5.41, 5.74) is 11.4. The number of para-hydroxylation sites is 2. The third-order valence-corrected chi connectivity index (χ3v) is 9.19. The van der Waals surface area contributed by atoms with Gasteiger partial charge >= 0.3 is 0 Å². The van der Waals surface area contributed by atoms with Crippen LogP contribution in [0.3, 0.4) is 0 Å². The van der Waals surface area contributed by atoms with Gasteiger partial charge in [-0.3, -0.25) is 0 Å². The summed E-state index contributed by atoms with van der Waals surface area (Å²) in [5.74, 6) is 0. The maximum atomic E-state index is 5.29. The topological polar surface area (TPSA) is 29.0 Å². The monoisotopic (exact) mass is 625 g/mol. The van der Waals surface area contributed by atoms with Crippen LogP contribution in [0, 0.1) is 0 Å². The van der Waals surface area contributed by atoms with Crippen molar-refractivity contribution in [1.29, 1.82) is 0 Å². The Labute approximate surface area is 285 Å². The van der Waals surface area contributed by atoms with Gasteiger partial charge in [-0.15, -0.1) is 0 Å². The van der Waals surface area contributed by atoms with E-state index in [4.69, 9.17) is 9.97 Å². The van der Waals surface area contributed by atoms with Crippen molar-refractivity contribution in [1.82, 2.24) is 9.97 Å². The fourth-order valence-corrected chi connectivity index (χ4v) is 6.78. The highest BCUT2D eigenvalue weighted by Crippen LogP contribution is 2.38. The van der Waals surface area contributed by atoms with Crippen molar-refractivity contribution in [3.05, 3.63) is 188 Å². The van der Waals surface area contributed by atoms with Crippen molar-refractivity contribution in [3.63, 3.8) is 0 Å². The van der Waals surface area contributed by atoms with E-state index < -0.39 is 0 Å². The molecule has 0 aliphatic rings. The summed E-state index contributed by atoms with van der Waals surface area (Å²) in [7, 11) is 0. The summed E-state index contributed by atoms with van der Waals surface area (Å²) in [5, 5.41) is 4.64. The van der Waals surface area contributed by atoms with Crippen molar-refractivity contribution in [2.75, 3.05) is 4.90 Å². The molecule has 230 valence electrons. The zero-order chi connectivity index (χ0) is 32.6. The molecule has 0 saturated heterocycles. The van der Waals surface area contributed by atoms with Gasteiger partial charge in [-0.1, -0.05) is 133 Å². The molecule has 0 aliphatic carbocycles. The highest BCUT2D eigenvalue weighted by atomic mass is 15.1. The van der Waals surface area contributed by atoms with Crippen LogP contribution in [0.1, 0.15) is 0 Å². The van der Waals surface area contributed by atoms with E-state index in [0.717, 1.165) is 61.4 Å². The van der Waals surface area contributed by atoms with Gasteiger partial charge in [-0.25, -0.2) is 9.97 Å². The van der Waals surface area contributed by atoms with Crippen molar-refractivity contribution in [2.45, 2.75) is 0 Å². The largest absolute Gasteiger partial charge is 0.310 e. The lowest BCUT2D eigenvalue weighted by molar-refractivity contribution is 1.29. The van der Waals surface area contributed by atoms with Gasteiger partial charge in [0.05, 0.1) is 22.4 Å². The minimum atomic E-state index is 0.889. The van der Waals surface area contributed by atoms with Gasteiger partial charge in [0.2, 0.25) is 0 Å². The van der Waals surface area contributed by atoms with Crippen LogP contribution in [-0.4, -0.2) is 9.97 Å². The molecule has 49 heavy (non-hydrogen) atoms. The Balaban J connectivity index is 1.11. The molecule has 3 nitrogen and oxygen atoms in total. The highest BCUT2D eigenvalue weighted by molar-refractivity contribution is 6.07. The first kappa shape index (κ1) is 28.6. The molecule has 0 amide bonds. The molecule has 0 unspecified atom stereocenters. The van der Waals surface area contributed by atoms with Crippen LogP contribution in [0.15, 0.2) is 188 Å². The molecular weight excluding hydrogens is 595 g/mol. The first-order chi connectivity index (χ1) is 24.3. The first-order valence-electron chi connectivity index (χ1n) is 16.6. The second kappa shape index (κ2) is 12.2. The second-order valence-corrected chi connectivity index (χ2v) is 12.3. The Morgan fingerprint density at radius 3 is 1.45 bits per heavy atom. The third-order valence-electron chi connectivity index (χ3n) is 9.19. The Morgan fingerprint density at radius 2 is 0.816 bits per heavy atom. The molecule has 9 aromatic rings. The van der Waals surface area contributed by atoms with E-state index in [2.05, 4.69) is 169 Å². The highest BCUT2D eigenvalue weighted by Gasteiger charge is 2.16. The van der Waals surface area contributed by atoms with Crippen LogP contribution in [0.4, 0.5) is 17.1 Å². The molecule has 0 atom stereocenters. The van der Waals surface area contributed by atoms with E-state index in [1.807, 2.05) is 24.3 Å². The molecular formula is C46H31N3. The molecule has 3 heteroatoms. The van der Waals surface area contributed by atoms with E-state index in [1.54, 1.807) is 0 Å².